The second-order valence-electron chi connectivity index (χ2n) is 7.77. The van der Waals surface area contributed by atoms with E-state index < -0.39 is 0 Å². The average molecular weight is 366 g/mol. The van der Waals surface area contributed by atoms with Gasteiger partial charge in [0.05, 0.1) is 0 Å². The molecule has 0 aliphatic heterocycles. The molecule has 1 aromatic heterocycles. The Hall–Kier alpha value is -2.49. The molecular weight excluding hydrogens is 334 g/mol. The predicted molar refractivity (Wildman–Crippen MR) is 112 cm³/mol. The molecule has 0 saturated heterocycles. The monoisotopic (exact) mass is 365 g/mol. The standard InChI is InChI=1S/C23H31N3O/c1-6-21(27)19-11-8-14-23(4,5)20(19)13-12-17(2)9-7-10-18(3)15-22-24-16-25-26-22/h7,9-10,12-13,15-16H,6,8,11,14H2,1-5H3,(H,24,25,26)/b10-7+,13-12+,17-9+,18-15+. The highest BCUT2D eigenvalue weighted by Gasteiger charge is 2.30. The van der Waals surface area contributed by atoms with Crippen LogP contribution in [0.4, 0.5) is 0 Å². The minimum atomic E-state index is 0.0570. The Balaban J connectivity index is 2.14. The van der Waals surface area contributed by atoms with Crippen LogP contribution in [0.2, 0.25) is 0 Å². The lowest BCUT2D eigenvalue weighted by atomic mass is 9.71. The van der Waals surface area contributed by atoms with E-state index in [1.54, 1.807) is 6.33 Å². The van der Waals surface area contributed by atoms with Crippen molar-refractivity contribution >= 4 is 11.9 Å². The summed E-state index contributed by atoms with van der Waals surface area (Å²) in [5, 5.41) is 7.71. The molecule has 144 valence electrons. The number of carbonyl (C=O) groups excluding carboxylic acids is 1. The van der Waals surface area contributed by atoms with Crippen molar-refractivity contribution in [2.45, 2.75) is 60.3 Å². The van der Waals surface area contributed by atoms with E-state index in [0.29, 0.717) is 6.42 Å². The largest absolute Gasteiger partial charge is 0.328 e. The van der Waals surface area contributed by atoms with Crippen molar-refractivity contribution in [3.05, 3.63) is 64.8 Å². The lowest BCUT2D eigenvalue weighted by Gasteiger charge is -2.33. The van der Waals surface area contributed by atoms with Crippen LogP contribution in [0.3, 0.4) is 0 Å². The molecule has 1 aliphatic rings. The zero-order valence-electron chi connectivity index (χ0n) is 17.2. The molecule has 1 aliphatic carbocycles. The van der Waals surface area contributed by atoms with Gasteiger partial charge in [-0.15, -0.1) is 10.2 Å². The third kappa shape index (κ3) is 6.02. The quantitative estimate of drug-likeness (QED) is 0.626. The van der Waals surface area contributed by atoms with E-state index in [0.717, 1.165) is 41.8 Å². The molecule has 0 radical (unpaired) electrons. The van der Waals surface area contributed by atoms with Crippen LogP contribution in [-0.4, -0.2) is 21.0 Å². The molecule has 0 aromatic carbocycles. The Morgan fingerprint density at radius 2 is 2.04 bits per heavy atom. The van der Waals surface area contributed by atoms with Crippen LogP contribution in [0.1, 0.15) is 66.1 Å². The van der Waals surface area contributed by atoms with Gasteiger partial charge in [0, 0.05) is 6.42 Å². The molecule has 1 aromatic rings. The Morgan fingerprint density at radius 3 is 2.70 bits per heavy atom. The zero-order chi connectivity index (χ0) is 19.9. The Morgan fingerprint density at radius 1 is 1.26 bits per heavy atom. The van der Waals surface area contributed by atoms with E-state index in [-0.39, 0.29) is 11.2 Å². The summed E-state index contributed by atoms with van der Waals surface area (Å²) in [6.07, 6.45) is 17.6. The second kappa shape index (κ2) is 9.45. The predicted octanol–water partition coefficient (Wildman–Crippen LogP) is 5.75. The fourth-order valence-electron chi connectivity index (χ4n) is 3.39. The SMILES string of the molecule is CCC(=O)C1=C(/C=C/C(C)=C/C=C/C(C)=C/c2nnc[nH]2)C(C)(C)CCC1. The highest BCUT2D eigenvalue weighted by atomic mass is 16.1. The fourth-order valence-corrected chi connectivity index (χ4v) is 3.39. The molecule has 27 heavy (non-hydrogen) atoms. The number of nitrogens with one attached hydrogen (secondary N) is 1. The summed E-state index contributed by atoms with van der Waals surface area (Å²) in [4.78, 5) is 15.3. The Kier molecular flexibility index (Phi) is 7.28. The van der Waals surface area contributed by atoms with Crippen molar-refractivity contribution in [3.63, 3.8) is 0 Å². The first-order chi connectivity index (χ1) is 12.8. The van der Waals surface area contributed by atoms with Crippen molar-refractivity contribution in [3.8, 4) is 0 Å². The number of ketones is 1. The van der Waals surface area contributed by atoms with E-state index in [9.17, 15) is 4.79 Å². The minimum Gasteiger partial charge on any atom is -0.328 e. The molecular formula is C23H31N3O. The normalized spacial score (nSPS) is 18.7. The summed E-state index contributed by atoms with van der Waals surface area (Å²) in [5.74, 6) is 1.04. The van der Waals surface area contributed by atoms with Gasteiger partial charge in [0.1, 0.15) is 6.33 Å². The number of allylic oxidation sites excluding steroid dienone is 9. The Labute approximate surface area is 162 Å². The second-order valence-corrected chi connectivity index (χ2v) is 7.77. The lowest BCUT2D eigenvalue weighted by Crippen LogP contribution is -2.23. The first kappa shape index (κ1) is 20.8. The van der Waals surface area contributed by atoms with Gasteiger partial charge >= 0.3 is 0 Å². The maximum atomic E-state index is 12.4. The molecule has 2 rings (SSSR count). The van der Waals surface area contributed by atoms with Crippen LogP contribution >= 0.6 is 0 Å². The van der Waals surface area contributed by atoms with Gasteiger partial charge in [-0.3, -0.25) is 4.79 Å². The zero-order valence-corrected chi connectivity index (χ0v) is 17.2. The minimum absolute atomic E-state index is 0.0570. The van der Waals surface area contributed by atoms with Gasteiger partial charge in [-0.05, 0) is 61.3 Å². The fraction of sp³-hybridized carbons (Fsp3) is 0.435. The number of Topliss-reactive ketones (excluding diaryl/α,β-unsaturated/α-hetero) is 1. The van der Waals surface area contributed by atoms with Gasteiger partial charge in [-0.2, -0.15) is 0 Å². The maximum Gasteiger partial charge on any atom is 0.158 e. The molecule has 1 heterocycles. The van der Waals surface area contributed by atoms with Crippen LogP contribution in [0.15, 0.2) is 59.0 Å². The van der Waals surface area contributed by atoms with Crippen LogP contribution in [0.25, 0.3) is 6.08 Å². The first-order valence-electron chi connectivity index (χ1n) is 9.67. The van der Waals surface area contributed by atoms with E-state index in [1.807, 2.05) is 32.1 Å². The third-order valence-electron chi connectivity index (χ3n) is 4.97. The van der Waals surface area contributed by atoms with Crippen molar-refractivity contribution in [2.24, 2.45) is 5.41 Å². The number of aromatic amines is 1. The third-order valence-corrected chi connectivity index (χ3v) is 4.97. The molecule has 0 amide bonds. The topological polar surface area (TPSA) is 58.6 Å². The lowest BCUT2D eigenvalue weighted by molar-refractivity contribution is -0.115. The van der Waals surface area contributed by atoms with E-state index in [1.165, 1.54) is 5.57 Å². The number of hydrogen-bond donors (Lipinski definition) is 1. The molecule has 4 heteroatoms. The summed E-state index contributed by atoms with van der Waals surface area (Å²) in [5.41, 5.74) is 4.53. The number of carbonyl (C=O) groups is 1. The first-order valence-corrected chi connectivity index (χ1v) is 9.67. The maximum absolute atomic E-state index is 12.4. The molecule has 0 bridgehead atoms. The average Bonchev–Trinajstić information content (AvgIpc) is 3.12. The molecule has 0 fully saturated rings. The van der Waals surface area contributed by atoms with Gasteiger partial charge < -0.3 is 4.98 Å². The molecule has 0 saturated carbocycles. The number of nitrogens with zero attached hydrogens (tertiary/aromatic N) is 2. The van der Waals surface area contributed by atoms with Crippen molar-refractivity contribution in [1.82, 2.24) is 15.2 Å². The molecule has 0 spiro atoms. The Bertz CT molecular complexity index is 803. The van der Waals surface area contributed by atoms with E-state index in [4.69, 9.17) is 0 Å². The summed E-state index contributed by atoms with van der Waals surface area (Å²) < 4.78 is 0. The van der Waals surface area contributed by atoms with Gasteiger partial charge in [0.15, 0.2) is 11.6 Å². The van der Waals surface area contributed by atoms with Gasteiger partial charge in [0.25, 0.3) is 0 Å². The summed E-state index contributed by atoms with van der Waals surface area (Å²) in [6.45, 7) is 10.5. The number of rotatable bonds is 7. The van der Waals surface area contributed by atoms with Crippen molar-refractivity contribution in [1.29, 1.82) is 0 Å². The van der Waals surface area contributed by atoms with Gasteiger partial charge in [-0.1, -0.05) is 56.7 Å². The van der Waals surface area contributed by atoms with Gasteiger partial charge in [0.2, 0.25) is 0 Å². The highest BCUT2D eigenvalue weighted by molar-refractivity contribution is 5.96. The molecule has 0 atom stereocenters. The van der Waals surface area contributed by atoms with Crippen LogP contribution in [-0.2, 0) is 4.79 Å². The summed E-state index contributed by atoms with van der Waals surface area (Å²) >= 11 is 0. The molecule has 0 unspecified atom stereocenters. The molecule has 4 nitrogen and oxygen atoms in total. The number of H-pyrrole nitrogens is 1. The van der Waals surface area contributed by atoms with E-state index in [2.05, 4.69) is 54.2 Å². The summed E-state index contributed by atoms with van der Waals surface area (Å²) in [7, 11) is 0. The van der Waals surface area contributed by atoms with E-state index >= 15 is 0 Å². The number of aromatic nitrogens is 3. The van der Waals surface area contributed by atoms with Crippen LogP contribution in [0, 0.1) is 5.41 Å². The van der Waals surface area contributed by atoms with Crippen molar-refractivity contribution < 1.29 is 4.79 Å². The van der Waals surface area contributed by atoms with Crippen LogP contribution < -0.4 is 0 Å². The molecule has 1 N–H and O–H groups in total. The van der Waals surface area contributed by atoms with Gasteiger partial charge in [-0.25, -0.2) is 0 Å². The van der Waals surface area contributed by atoms with Crippen LogP contribution in [0.5, 0.6) is 0 Å². The smallest absolute Gasteiger partial charge is 0.158 e. The number of hydrogen-bond acceptors (Lipinski definition) is 3. The summed E-state index contributed by atoms with van der Waals surface area (Å²) in [6, 6.07) is 0. The highest BCUT2D eigenvalue weighted by Crippen LogP contribution is 2.41. The van der Waals surface area contributed by atoms with Crippen molar-refractivity contribution in [2.75, 3.05) is 0 Å².